The average Bonchev–Trinajstić information content (AvgIpc) is 3.26. The predicted molar refractivity (Wildman–Crippen MR) is 277 cm³/mol. The molecule has 0 aliphatic heterocycles. The smallest absolute Gasteiger partial charge is 0.255 e. The van der Waals surface area contributed by atoms with E-state index in [4.69, 9.17) is 19.7 Å². The molecule has 4 aromatic carbocycles. The third-order valence-electron chi connectivity index (χ3n) is 11.3. The Morgan fingerprint density at radius 1 is 0.446 bits per heavy atom. The van der Waals surface area contributed by atoms with Crippen LogP contribution in [0.1, 0.15) is 160 Å². The Labute approximate surface area is 401 Å². The van der Waals surface area contributed by atoms with Crippen LogP contribution in [0.25, 0.3) is 0 Å². The van der Waals surface area contributed by atoms with Gasteiger partial charge in [0.2, 0.25) is 0 Å². The van der Waals surface area contributed by atoms with Crippen molar-refractivity contribution >= 4 is 39.1 Å². The van der Waals surface area contributed by atoms with Gasteiger partial charge in [0, 0.05) is 27.8 Å². The molecule has 0 aliphatic rings. The molecule has 0 saturated heterocycles. The fraction of sp³-hybridized carbons (Fsp3) is 0.536. The fourth-order valence-electron chi connectivity index (χ4n) is 6.90. The number of ether oxygens (including phenoxy) is 2. The van der Waals surface area contributed by atoms with Crippen LogP contribution in [0.3, 0.4) is 0 Å². The van der Waals surface area contributed by atoms with Crippen molar-refractivity contribution in [1.29, 1.82) is 0 Å². The number of phenolic OH excluding ortho intramolecular Hbond substituents is 2. The van der Waals surface area contributed by atoms with Crippen LogP contribution in [0.5, 0.6) is 23.0 Å². The van der Waals surface area contributed by atoms with Gasteiger partial charge < -0.3 is 30.3 Å². The highest BCUT2D eigenvalue weighted by atomic mass is 79.9. The number of alkyl halides is 1. The van der Waals surface area contributed by atoms with E-state index in [1.807, 2.05) is 48.5 Å². The average molecular weight is 960 g/mol. The van der Waals surface area contributed by atoms with E-state index in [-0.39, 0.29) is 23.3 Å². The molecule has 0 fully saturated rings. The summed E-state index contributed by atoms with van der Waals surface area (Å²) in [5.41, 5.74) is 2.42. The van der Waals surface area contributed by atoms with Crippen molar-refractivity contribution in [3.05, 3.63) is 108 Å². The van der Waals surface area contributed by atoms with Gasteiger partial charge in [0.1, 0.15) is 23.0 Å². The molecule has 3 unspecified atom stereocenters. The largest absolute Gasteiger partial charge is 0.508 e. The van der Waals surface area contributed by atoms with Gasteiger partial charge in [-0.2, -0.15) is 0 Å². The molecule has 0 bridgehead atoms. The summed E-state index contributed by atoms with van der Waals surface area (Å²) in [6, 6.07) is 27.1. The maximum atomic E-state index is 12.7. The summed E-state index contributed by atoms with van der Waals surface area (Å²) in [4.78, 5) is 24.4. The lowest BCUT2D eigenvalue weighted by Gasteiger charge is -2.14. The summed E-state index contributed by atoms with van der Waals surface area (Å²) >= 11 is 3.47. The third kappa shape index (κ3) is 27.6. The van der Waals surface area contributed by atoms with Crippen molar-refractivity contribution in [1.82, 2.24) is 0 Å². The second-order valence-corrected chi connectivity index (χ2v) is 19.9. The number of carbonyl (C=O) groups is 2. The van der Waals surface area contributed by atoms with Gasteiger partial charge in [-0.15, -0.1) is 0 Å². The van der Waals surface area contributed by atoms with E-state index in [9.17, 15) is 9.59 Å². The zero-order chi connectivity index (χ0) is 48.0. The quantitative estimate of drug-likeness (QED) is 0.0368. The number of phenols is 2. The molecule has 8 nitrogen and oxygen atoms in total. The number of nitrogens with one attached hydrogen (secondary N) is 2. The number of amides is 2. The normalized spacial score (nSPS) is 12.3. The van der Waals surface area contributed by atoms with Gasteiger partial charge in [-0.25, -0.2) is 0 Å². The Morgan fingerprint density at radius 2 is 0.754 bits per heavy atom. The Morgan fingerprint density at radius 3 is 1.11 bits per heavy atom. The van der Waals surface area contributed by atoms with Gasteiger partial charge in [0.15, 0.2) is 0 Å². The van der Waals surface area contributed by atoms with Crippen LogP contribution in [-0.4, -0.2) is 40.6 Å². The molecule has 0 aliphatic carbocycles. The van der Waals surface area contributed by atoms with Crippen LogP contribution in [0.4, 0.5) is 11.4 Å². The third-order valence-corrected chi connectivity index (χ3v) is 11.7. The molecule has 4 N–H and O–H groups in total. The molecule has 3 atom stereocenters. The van der Waals surface area contributed by atoms with E-state index >= 15 is 0 Å². The van der Waals surface area contributed by atoms with Gasteiger partial charge in [-0.3, -0.25) is 9.59 Å². The van der Waals surface area contributed by atoms with Crippen molar-refractivity contribution in [2.75, 3.05) is 29.2 Å². The lowest BCUT2D eigenvalue weighted by atomic mass is 9.98. The van der Waals surface area contributed by atoms with Crippen molar-refractivity contribution in [2.24, 2.45) is 35.5 Å². The van der Waals surface area contributed by atoms with Gasteiger partial charge in [0.25, 0.3) is 11.8 Å². The lowest BCUT2D eigenvalue weighted by Crippen LogP contribution is -2.12. The molecule has 65 heavy (non-hydrogen) atoms. The van der Waals surface area contributed by atoms with E-state index < -0.39 is 0 Å². The SMILES string of the molecule is CC(C)CCCC(C)CCBr.CC(C)CCCC(C)CCOc1ccc(NC(=O)c2ccc(OCCC(C)CCCC(C)C)cc2)cc1.O=C(Nc1ccc(O)cc1)c1ccc(O)cc1. The topological polar surface area (TPSA) is 117 Å². The number of hydrogen-bond donors (Lipinski definition) is 4. The zero-order valence-electron chi connectivity index (χ0n) is 41.2. The first-order valence-electron chi connectivity index (χ1n) is 24.3. The van der Waals surface area contributed by atoms with E-state index in [1.54, 1.807) is 12.1 Å². The Bertz CT molecular complexity index is 1830. The van der Waals surface area contributed by atoms with Crippen LogP contribution in [0.2, 0.25) is 0 Å². The highest BCUT2D eigenvalue weighted by molar-refractivity contribution is 9.09. The van der Waals surface area contributed by atoms with Crippen molar-refractivity contribution < 1.29 is 29.3 Å². The lowest BCUT2D eigenvalue weighted by molar-refractivity contribution is 0.101. The molecule has 4 aromatic rings. The number of benzene rings is 4. The van der Waals surface area contributed by atoms with Gasteiger partial charge in [0.05, 0.1) is 13.2 Å². The van der Waals surface area contributed by atoms with E-state index in [2.05, 4.69) is 88.9 Å². The Balaban J connectivity index is 0.000000422. The Kier molecular flexibility index (Phi) is 28.8. The second kappa shape index (κ2) is 33.0. The number of hydrogen-bond acceptors (Lipinski definition) is 6. The standard InChI is InChI=1S/C33H51NO3.C13H11NO3.C10H21Br/c1-25(2)9-7-11-27(5)21-23-36-31-17-13-29(14-18-31)33(35)34-30-15-19-32(20-16-30)37-24-22-28(6)12-8-10-26(3)4;15-11-5-1-9(2-6-11)13(17)14-10-3-7-12(16)8-4-10;1-9(2)5-4-6-10(3)7-8-11/h13-20,25-28H,7-12,21-24H2,1-6H3,(H,34,35);1-8,15-16H,(H,14,17);9-10H,4-8H2,1-3H3. The minimum atomic E-state index is -0.268. The minimum Gasteiger partial charge on any atom is -0.508 e. The van der Waals surface area contributed by atoms with E-state index in [0.717, 1.165) is 65.6 Å². The number of aromatic hydroxyl groups is 2. The summed E-state index contributed by atoms with van der Waals surface area (Å²) in [7, 11) is 0. The maximum Gasteiger partial charge on any atom is 0.255 e. The van der Waals surface area contributed by atoms with Crippen molar-refractivity contribution in [3.8, 4) is 23.0 Å². The van der Waals surface area contributed by atoms with Crippen LogP contribution in [-0.2, 0) is 0 Å². The van der Waals surface area contributed by atoms with Gasteiger partial charge >= 0.3 is 0 Å². The first-order chi connectivity index (χ1) is 31.0. The van der Waals surface area contributed by atoms with E-state index in [1.165, 1.54) is 101 Å². The van der Waals surface area contributed by atoms with Crippen LogP contribution in [0, 0.1) is 35.5 Å². The molecule has 360 valence electrons. The van der Waals surface area contributed by atoms with Crippen LogP contribution < -0.4 is 20.1 Å². The molecule has 0 radical (unpaired) electrons. The highest BCUT2D eigenvalue weighted by Gasteiger charge is 2.10. The molecule has 2 amide bonds. The van der Waals surface area contributed by atoms with Crippen LogP contribution in [0.15, 0.2) is 97.1 Å². The number of rotatable bonds is 26. The summed E-state index contributed by atoms with van der Waals surface area (Å²) < 4.78 is 11.8. The summed E-state index contributed by atoms with van der Waals surface area (Å²) in [6.45, 7) is 22.1. The first kappa shape index (κ1) is 56.6. The maximum absolute atomic E-state index is 12.7. The Hall–Kier alpha value is -4.50. The van der Waals surface area contributed by atoms with E-state index in [0.29, 0.717) is 35.3 Å². The van der Waals surface area contributed by atoms with Crippen molar-refractivity contribution in [2.45, 2.75) is 139 Å². The zero-order valence-corrected chi connectivity index (χ0v) is 42.8. The molecule has 0 aromatic heterocycles. The van der Waals surface area contributed by atoms with Crippen molar-refractivity contribution in [3.63, 3.8) is 0 Å². The molecule has 0 saturated carbocycles. The van der Waals surface area contributed by atoms with Crippen LogP contribution >= 0.6 is 15.9 Å². The second-order valence-electron chi connectivity index (χ2n) is 19.1. The molecule has 9 heteroatoms. The monoisotopic (exact) mass is 959 g/mol. The molecular weight excluding hydrogens is 877 g/mol. The molecular formula is C56H83BrN2O6. The first-order valence-corrected chi connectivity index (χ1v) is 25.4. The number of anilines is 2. The summed E-state index contributed by atoms with van der Waals surface area (Å²) in [5.74, 6) is 6.21. The fourth-order valence-corrected chi connectivity index (χ4v) is 7.68. The summed E-state index contributed by atoms with van der Waals surface area (Å²) in [6.07, 6.45) is 15.4. The van der Waals surface area contributed by atoms with Gasteiger partial charge in [-0.1, -0.05) is 136 Å². The summed E-state index contributed by atoms with van der Waals surface area (Å²) in [5, 5.41) is 25.0. The number of halogens is 1. The predicted octanol–water partition coefficient (Wildman–Crippen LogP) is 16.0. The highest BCUT2D eigenvalue weighted by Crippen LogP contribution is 2.22. The minimum absolute atomic E-state index is 0.117. The molecule has 0 spiro atoms. The molecule has 0 heterocycles. The van der Waals surface area contributed by atoms with Gasteiger partial charge in [-0.05, 0) is 152 Å². The number of carbonyl (C=O) groups excluding carboxylic acids is 2. The molecule has 4 rings (SSSR count).